The van der Waals surface area contributed by atoms with Crippen molar-refractivity contribution in [3.8, 4) is 0 Å². The molecule has 0 aromatic heterocycles. The van der Waals surface area contributed by atoms with Gasteiger partial charge in [0.25, 0.3) is 0 Å². The molecule has 1 saturated carbocycles. The number of allylic oxidation sites excluding steroid dienone is 2. The Hall–Kier alpha value is -1.13. The van der Waals surface area contributed by atoms with E-state index in [0.717, 1.165) is 30.7 Å². The number of hydroxylamine groups is 1. The van der Waals surface area contributed by atoms with Crippen LogP contribution in [-0.4, -0.2) is 25.5 Å². The molecule has 1 N–H and O–H groups in total. The highest BCUT2D eigenvalue weighted by Gasteiger charge is 2.35. The molecule has 2 aliphatic rings. The quantitative estimate of drug-likeness (QED) is 0.775. The zero-order valence-electron chi connectivity index (χ0n) is 11.9. The van der Waals surface area contributed by atoms with E-state index in [1.807, 2.05) is 6.08 Å². The highest BCUT2D eigenvalue weighted by atomic mass is 16.7. The molecule has 0 aliphatic heterocycles. The zero-order valence-corrected chi connectivity index (χ0v) is 11.9. The Morgan fingerprint density at radius 3 is 2.95 bits per heavy atom. The second kappa shape index (κ2) is 6.35. The molecule has 2 unspecified atom stereocenters. The van der Waals surface area contributed by atoms with Gasteiger partial charge in [-0.2, -0.15) is 0 Å². The van der Waals surface area contributed by atoms with Gasteiger partial charge in [-0.25, -0.2) is 5.48 Å². The van der Waals surface area contributed by atoms with Crippen molar-refractivity contribution in [1.29, 1.82) is 0 Å². The van der Waals surface area contributed by atoms with Crippen molar-refractivity contribution in [2.75, 3.05) is 13.7 Å². The lowest BCUT2D eigenvalue weighted by molar-refractivity contribution is -0.136. The van der Waals surface area contributed by atoms with Crippen LogP contribution in [-0.2, 0) is 14.4 Å². The van der Waals surface area contributed by atoms with Gasteiger partial charge in [0, 0.05) is 13.0 Å². The van der Waals surface area contributed by atoms with Crippen LogP contribution in [0.2, 0.25) is 0 Å². The van der Waals surface area contributed by atoms with Crippen molar-refractivity contribution in [2.24, 2.45) is 11.8 Å². The summed E-state index contributed by atoms with van der Waals surface area (Å²) in [6.45, 7) is 4.95. The molecule has 2 rings (SSSR count). The normalized spacial score (nSPS) is 26.8. The monoisotopic (exact) mass is 265 g/mol. The molecular formula is C15H23NO3. The molecule has 4 nitrogen and oxygen atoms in total. The number of carbonyl (C=O) groups excluding carboxylic acids is 1. The second-order valence-corrected chi connectivity index (χ2v) is 5.63. The summed E-state index contributed by atoms with van der Waals surface area (Å²) in [5, 5.41) is 0. The first-order chi connectivity index (χ1) is 9.11. The van der Waals surface area contributed by atoms with Gasteiger partial charge in [-0.05, 0) is 42.4 Å². The molecule has 106 valence electrons. The molecule has 0 bridgehead atoms. The summed E-state index contributed by atoms with van der Waals surface area (Å²) in [4.78, 5) is 17.7. The highest BCUT2D eigenvalue weighted by Crippen LogP contribution is 2.36. The van der Waals surface area contributed by atoms with Crippen molar-refractivity contribution in [3.05, 3.63) is 23.5 Å². The number of methoxy groups -OCH3 is 1. The van der Waals surface area contributed by atoms with Crippen LogP contribution < -0.4 is 5.48 Å². The van der Waals surface area contributed by atoms with Crippen LogP contribution in [0.25, 0.3) is 0 Å². The fraction of sp³-hybridized carbons (Fsp3) is 0.667. The minimum atomic E-state index is -0.448. The molecule has 0 heterocycles. The van der Waals surface area contributed by atoms with E-state index in [2.05, 4.69) is 25.4 Å². The Morgan fingerprint density at radius 1 is 1.47 bits per heavy atom. The number of ketones is 1. The molecule has 0 aromatic rings. The van der Waals surface area contributed by atoms with E-state index in [1.165, 1.54) is 0 Å². The molecule has 0 spiro atoms. The van der Waals surface area contributed by atoms with Crippen molar-refractivity contribution in [2.45, 2.75) is 39.2 Å². The summed E-state index contributed by atoms with van der Waals surface area (Å²) < 4.78 is 5.26. The number of hydrogen-bond donors (Lipinski definition) is 1. The van der Waals surface area contributed by atoms with Gasteiger partial charge in [0.05, 0.1) is 7.11 Å². The predicted molar refractivity (Wildman–Crippen MR) is 73.2 cm³/mol. The molecule has 0 amide bonds. The topological polar surface area (TPSA) is 47.6 Å². The van der Waals surface area contributed by atoms with Crippen molar-refractivity contribution >= 4 is 5.78 Å². The first-order valence-corrected chi connectivity index (χ1v) is 6.98. The van der Waals surface area contributed by atoms with Gasteiger partial charge in [-0.15, -0.1) is 0 Å². The minimum Gasteiger partial charge on any atom is -0.497 e. The number of ether oxygens (including phenoxy) is 1. The average molecular weight is 265 g/mol. The third-order valence-electron chi connectivity index (χ3n) is 3.65. The standard InChI is InChI=1S/C15H23NO3/c1-10(2)9-16-19-15-13-8-12(18-3)6-4-11(13)5-7-14(15)17/h6,8,10-11,15-16H,4-5,7,9H2,1-3H3. The maximum atomic E-state index is 12.1. The van der Waals surface area contributed by atoms with E-state index in [4.69, 9.17) is 9.57 Å². The Bertz CT molecular complexity index is 398. The Balaban J connectivity index is 2.07. The van der Waals surface area contributed by atoms with Crippen LogP contribution in [0.15, 0.2) is 23.5 Å². The third-order valence-corrected chi connectivity index (χ3v) is 3.65. The van der Waals surface area contributed by atoms with Crippen LogP contribution in [0.5, 0.6) is 0 Å². The van der Waals surface area contributed by atoms with Crippen LogP contribution in [0.3, 0.4) is 0 Å². The number of nitrogens with one attached hydrogen (secondary N) is 1. The van der Waals surface area contributed by atoms with Crippen molar-refractivity contribution in [3.63, 3.8) is 0 Å². The Kier molecular flexibility index (Phi) is 4.77. The molecule has 0 saturated heterocycles. The summed E-state index contributed by atoms with van der Waals surface area (Å²) in [7, 11) is 1.65. The van der Waals surface area contributed by atoms with Crippen LogP contribution in [0, 0.1) is 11.8 Å². The SMILES string of the molecule is COC1=CCC2CCC(=O)C(ONCC(C)C)C2=C1. The van der Waals surface area contributed by atoms with Gasteiger partial charge >= 0.3 is 0 Å². The van der Waals surface area contributed by atoms with Gasteiger partial charge in [0.1, 0.15) is 5.76 Å². The number of carbonyl (C=O) groups is 1. The summed E-state index contributed by atoms with van der Waals surface area (Å²) in [5.74, 6) is 1.90. The summed E-state index contributed by atoms with van der Waals surface area (Å²) in [5.41, 5.74) is 3.99. The molecule has 1 fully saturated rings. The zero-order chi connectivity index (χ0) is 13.8. The molecular weight excluding hydrogens is 242 g/mol. The predicted octanol–water partition coefficient (Wildman–Crippen LogP) is 2.37. The van der Waals surface area contributed by atoms with Gasteiger partial charge in [0.2, 0.25) is 0 Å². The van der Waals surface area contributed by atoms with Crippen LogP contribution >= 0.6 is 0 Å². The van der Waals surface area contributed by atoms with E-state index in [1.54, 1.807) is 7.11 Å². The van der Waals surface area contributed by atoms with Crippen molar-refractivity contribution in [1.82, 2.24) is 5.48 Å². The lowest BCUT2D eigenvalue weighted by Crippen LogP contribution is -2.40. The summed E-state index contributed by atoms with van der Waals surface area (Å²) in [6, 6.07) is 0. The fourth-order valence-corrected chi connectivity index (χ4v) is 2.52. The largest absolute Gasteiger partial charge is 0.497 e. The van der Waals surface area contributed by atoms with Gasteiger partial charge < -0.3 is 4.74 Å². The smallest absolute Gasteiger partial charge is 0.167 e. The molecule has 0 radical (unpaired) electrons. The number of Topliss-reactive ketones (excluding diaryl/α,β-unsaturated/α-hetero) is 1. The second-order valence-electron chi connectivity index (χ2n) is 5.63. The first kappa shape index (κ1) is 14.3. The summed E-state index contributed by atoms with van der Waals surface area (Å²) in [6.07, 6.45) is 6.06. The fourth-order valence-electron chi connectivity index (χ4n) is 2.52. The Morgan fingerprint density at radius 2 is 2.26 bits per heavy atom. The average Bonchev–Trinajstić information content (AvgIpc) is 2.40. The third kappa shape index (κ3) is 3.45. The van der Waals surface area contributed by atoms with Gasteiger partial charge in [-0.1, -0.05) is 13.8 Å². The number of fused-ring (bicyclic) bond motifs is 1. The van der Waals surface area contributed by atoms with Crippen molar-refractivity contribution < 1.29 is 14.4 Å². The number of hydrogen-bond acceptors (Lipinski definition) is 4. The van der Waals surface area contributed by atoms with E-state index in [9.17, 15) is 4.79 Å². The van der Waals surface area contributed by atoms with E-state index >= 15 is 0 Å². The Labute approximate surface area is 114 Å². The van der Waals surface area contributed by atoms with Crippen LogP contribution in [0.4, 0.5) is 0 Å². The minimum absolute atomic E-state index is 0.163. The highest BCUT2D eigenvalue weighted by molar-refractivity contribution is 5.87. The number of rotatable bonds is 5. The molecule has 2 aliphatic carbocycles. The van der Waals surface area contributed by atoms with Crippen LogP contribution in [0.1, 0.15) is 33.1 Å². The molecule has 4 heteroatoms. The lowest BCUT2D eigenvalue weighted by Gasteiger charge is -2.33. The van der Waals surface area contributed by atoms with Gasteiger partial charge in [-0.3, -0.25) is 9.63 Å². The molecule has 19 heavy (non-hydrogen) atoms. The van der Waals surface area contributed by atoms with E-state index in [0.29, 0.717) is 18.3 Å². The van der Waals surface area contributed by atoms with E-state index in [-0.39, 0.29) is 5.78 Å². The van der Waals surface area contributed by atoms with E-state index < -0.39 is 6.10 Å². The molecule has 0 aromatic carbocycles. The van der Waals surface area contributed by atoms with Gasteiger partial charge in [0.15, 0.2) is 11.9 Å². The summed E-state index contributed by atoms with van der Waals surface area (Å²) >= 11 is 0. The lowest BCUT2D eigenvalue weighted by atomic mass is 9.77. The molecule has 2 atom stereocenters. The maximum absolute atomic E-state index is 12.1. The first-order valence-electron chi connectivity index (χ1n) is 6.98. The maximum Gasteiger partial charge on any atom is 0.167 e.